The van der Waals surface area contributed by atoms with Crippen molar-refractivity contribution in [3.05, 3.63) is 87.7 Å². The number of amides is 2. The molecule has 2 amide bonds. The van der Waals surface area contributed by atoms with Gasteiger partial charge in [0.05, 0.1) is 6.10 Å². The van der Waals surface area contributed by atoms with E-state index in [1.54, 1.807) is 42.5 Å². The van der Waals surface area contributed by atoms with E-state index in [0.717, 1.165) is 16.2 Å². The smallest absolute Gasteiger partial charge is 0.272 e. The number of aryl methyl sites for hydroxylation is 1. The van der Waals surface area contributed by atoms with Crippen molar-refractivity contribution in [2.75, 3.05) is 5.32 Å². The molecule has 3 rings (SSSR count). The van der Waals surface area contributed by atoms with E-state index in [4.69, 9.17) is 4.74 Å². The predicted octanol–water partition coefficient (Wildman–Crippen LogP) is 5.25. The Labute approximate surface area is 180 Å². The molecule has 0 atom stereocenters. The van der Waals surface area contributed by atoms with Crippen LogP contribution in [0, 0.1) is 6.92 Å². The fourth-order valence-corrected chi connectivity index (χ4v) is 3.44. The molecule has 0 aliphatic carbocycles. The number of anilines is 1. The molecule has 5 nitrogen and oxygen atoms in total. The molecule has 0 saturated heterocycles. The molecule has 3 aromatic rings. The van der Waals surface area contributed by atoms with Gasteiger partial charge < -0.3 is 15.4 Å². The first kappa shape index (κ1) is 21.3. The number of hydrogen-bond acceptors (Lipinski definition) is 4. The van der Waals surface area contributed by atoms with Crippen molar-refractivity contribution in [2.45, 2.75) is 26.9 Å². The molecule has 1 aromatic heterocycles. The van der Waals surface area contributed by atoms with E-state index in [9.17, 15) is 9.59 Å². The molecule has 6 heteroatoms. The van der Waals surface area contributed by atoms with Crippen LogP contribution >= 0.6 is 11.3 Å². The van der Waals surface area contributed by atoms with E-state index in [2.05, 4.69) is 10.6 Å². The van der Waals surface area contributed by atoms with Gasteiger partial charge in [0.15, 0.2) is 0 Å². The van der Waals surface area contributed by atoms with Gasteiger partial charge in [-0.3, -0.25) is 9.59 Å². The fourth-order valence-electron chi connectivity index (χ4n) is 2.78. The molecule has 0 bridgehead atoms. The maximum Gasteiger partial charge on any atom is 0.272 e. The summed E-state index contributed by atoms with van der Waals surface area (Å²) in [5.41, 5.74) is 2.15. The molecule has 2 aromatic carbocycles. The Kier molecular flexibility index (Phi) is 7.03. The number of nitrogens with one attached hydrogen (secondary N) is 2. The Morgan fingerprint density at radius 1 is 1.00 bits per heavy atom. The van der Waals surface area contributed by atoms with Crippen LogP contribution in [-0.4, -0.2) is 17.9 Å². The average molecular weight is 421 g/mol. The van der Waals surface area contributed by atoms with Crippen LogP contribution in [0.4, 0.5) is 5.69 Å². The molecule has 30 heavy (non-hydrogen) atoms. The largest absolute Gasteiger partial charge is 0.491 e. The summed E-state index contributed by atoms with van der Waals surface area (Å²) in [4.78, 5) is 26.6. The molecule has 1 heterocycles. The van der Waals surface area contributed by atoms with Crippen molar-refractivity contribution in [3.63, 3.8) is 0 Å². The summed E-state index contributed by atoms with van der Waals surface area (Å²) in [6.07, 6.45) is 1.74. The van der Waals surface area contributed by atoms with Gasteiger partial charge in [0.2, 0.25) is 0 Å². The van der Waals surface area contributed by atoms with E-state index in [0.29, 0.717) is 11.3 Å². The summed E-state index contributed by atoms with van der Waals surface area (Å²) in [7, 11) is 0. The Hall–Kier alpha value is -3.38. The lowest BCUT2D eigenvalue weighted by molar-refractivity contribution is -0.113. The second-order valence-electron chi connectivity index (χ2n) is 6.99. The van der Waals surface area contributed by atoms with Crippen molar-refractivity contribution in [1.29, 1.82) is 0 Å². The highest BCUT2D eigenvalue weighted by Gasteiger charge is 2.16. The maximum atomic E-state index is 12.9. The molecule has 0 aliphatic heterocycles. The van der Waals surface area contributed by atoms with Crippen LogP contribution in [0.5, 0.6) is 5.75 Å². The third-order valence-corrected chi connectivity index (χ3v) is 5.02. The third kappa shape index (κ3) is 5.81. The van der Waals surface area contributed by atoms with Gasteiger partial charge in [-0.2, -0.15) is 0 Å². The quantitative estimate of drug-likeness (QED) is 0.513. The van der Waals surface area contributed by atoms with Crippen molar-refractivity contribution in [2.24, 2.45) is 0 Å². The summed E-state index contributed by atoms with van der Waals surface area (Å²) in [5, 5.41) is 7.51. The highest BCUT2D eigenvalue weighted by molar-refractivity contribution is 7.10. The number of thiophene rings is 1. The molecule has 0 aliphatic rings. The van der Waals surface area contributed by atoms with Crippen LogP contribution in [0.2, 0.25) is 0 Å². The first-order valence-electron chi connectivity index (χ1n) is 9.62. The number of carbonyl (C=O) groups is 2. The van der Waals surface area contributed by atoms with Crippen LogP contribution in [0.25, 0.3) is 6.08 Å². The lowest BCUT2D eigenvalue weighted by Gasteiger charge is -2.13. The second kappa shape index (κ2) is 9.89. The molecule has 2 N–H and O–H groups in total. The van der Waals surface area contributed by atoms with Crippen molar-refractivity contribution >= 4 is 34.9 Å². The van der Waals surface area contributed by atoms with Crippen molar-refractivity contribution < 1.29 is 14.3 Å². The molecule has 0 unspecified atom stereocenters. The molecule has 154 valence electrons. The normalized spacial score (nSPS) is 11.3. The maximum absolute atomic E-state index is 12.9. The van der Waals surface area contributed by atoms with Crippen molar-refractivity contribution in [1.82, 2.24) is 5.32 Å². The SMILES string of the molecule is Cc1ccccc1C(=O)N/C(=C\c1cccs1)C(=O)Nc1ccc(OC(C)C)cc1. The number of ether oxygens (including phenoxy) is 1. The van der Waals surface area contributed by atoms with E-state index in [1.807, 2.05) is 50.4 Å². The second-order valence-corrected chi connectivity index (χ2v) is 7.97. The van der Waals surface area contributed by atoms with Crippen LogP contribution in [0.15, 0.2) is 71.7 Å². The Morgan fingerprint density at radius 3 is 2.37 bits per heavy atom. The van der Waals surface area contributed by atoms with Crippen LogP contribution < -0.4 is 15.4 Å². The predicted molar refractivity (Wildman–Crippen MR) is 122 cm³/mol. The zero-order chi connectivity index (χ0) is 21.5. The molecular formula is C24H24N2O3S. The summed E-state index contributed by atoms with van der Waals surface area (Å²) < 4.78 is 5.62. The van der Waals surface area contributed by atoms with Gasteiger partial charge in [0.1, 0.15) is 11.4 Å². The Bertz CT molecular complexity index is 1040. The monoisotopic (exact) mass is 420 g/mol. The van der Waals surface area contributed by atoms with Gasteiger partial charge >= 0.3 is 0 Å². The van der Waals surface area contributed by atoms with Gasteiger partial charge in [-0.05, 0) is 74.2 Å². The lowest BCUT2D eigenvalue weighted by atomic mass is 10.1. The number of hydrogen-bond donors (Lipinski definition) is 2. The van der Waals surface area contributed by atoms with Crippen molar-refractivity contribution in [3.8, 4) is 5.75 Å². The fraction of sp³-hybridized carbons (Fsp3) is 0.167. The van der Waals surface area contributed by atoms with E-state index in [-0.39, 0.29) is 17.7 Å². The minimum Gasteiger partial charge on any atom is -0.491 e. The highest BCUT2D eigenvalue weighted by atomic mass is 32.1. The molecule has 0 spiro atoms. The molecular weight excluding hydrogens is 396 g/mol. The van der Waals surface area contributed by atoms with Crippen LogP contribution in [0.3, 0.4) is 0 Å². The first-order chi connectivity index (χ1) is 14.4. The van der Waals surface area contributed by atoms with Gasteiger partial charge in [0.25, 0.3) is 11.8 Å². The van der Waals surface area contributed by atoms with Gasteiger partial charge in [-0.1, -0.05) is 24.3 Å². The summed E-state index contributed by atoms with van der Waals surface area (Å²) in [6.45, 7) is 5.77. The average Bonchev–Trinajstić information content (AvgIpc) is 3.22. The van der Waals surface area contributed by atoms with Crippen LogP contribution in [0.1, 0.15) is 34.6 Å². The topological polar surface area (TPSA) is 67.4 Å². The van der Waals surface area contributed by atoms with E-state index < -0.39 is 5.91 Å². The summed E-state index contributed by atoms with van der Waals surface area (Å²) in [6, 6.07) is 18.2. The van der Waals surface area contributed by atoms with Gasteiger partial charge in [0, 0.05) is 16.1 Å². The Morgan fingerprint density at radius 2 is 1.73 bits per heavy atom. The van der Waals surface area contributed by atoms with E-state index >= 15 is 0 Å². The zero-order valence-electron chi connectivity index (χ0n) is 17.1. The van der Waals surface area contributed by atoms with Crippen LogP contribution in [-0.2, 0) is 4.79 Å². The minimum absolute atomic E-state index is 0.0717. The first-order valence-corrected chi connectivity index (χ1v) is 10.5. The highest BCUT2D eigenvalue weighted by Crippen LogP contribution is 2.19. The zero-order valence-corrected chi connectivity index (χ0v) is 18.0. The standard InChI is InChI=1S/C24H24N2O3S/c1-16(2)29-19-12-10-18(11-13-19)25-24(28)22(15-20-8-6-14-30-20)26-23(27)21-9-5-4-7-17(21)3/h4-16H,1-3H3,(H,25,28)(H,26,27)/b22-15-. The Balaban J connectivity index is 1.79. The molecule has 0 fully saturated rings. The lowest BCUT2D eigenvalue weighted by Crippen LogP contribution is -2.31. The van der Waals surface area contributed by atoms with Gasteiger partial charge in [-0.25, -0.2) is 0 Å². The number of rotatable bonds is 7. The van der Waals surface area contributed by atoms with E-state index in [1.165, 1.54) is 11.3 Å². The van der Waals surface area contributed by atoms with Gasteiger partial charge in [-0.15, -0.1) is 11.3 Å². The number of carbonyl (C=O) groups excluding carboxylic acids is 2. The minimum atomic E-state index is -0.400. The summed E-state index contributed by atoms with van der Waals surface area (Å²) >= 11 is 1.48. The summed E-state index contributed by atoms with van der Waals surface area (Å²) in [5.74, 6) is -0.000180. The number of benzene rings is 2. The molecule has 0 saturated carbocycles. The molecule has 0 radical (unpaired) electrons. The third-order valence-electron chi connectivity index (χ3n) is 4.20.